The smallest absolute Gasteiger partial charge is 0.339 e. The summed E-state index contributed by atoms with van der Waals surface area (Å²) in [6.45, 7) is 4.08. The number of hydrogen-bond acceptors (Lipinski definition) is 4. The predicted octanol–water partition coefficient (Wildman–Crippen LogP) is 5.80. The first-order chi connectivity index (χ1) is 20.7. The summed E-state index contributed by atoms with van der Waals surface area (Å²) in [4.78, 5) is 44.4. The van der Waals surface area contributed by atoms with E-state index in [1.807, 2.05) is 0 Å². The van der Waals surface area contributed by atoms with Crippen LogP contribution in [0.15, 0.2) is 48.7 Å². The molecule has 1 atom stereocenters. The number of nitrogens with zero attached hydrogens (tertiary/aromatic N) is 3. The highest BCUT2D eigenvalue weighted by molar-refractivity contribution is 6.01. The molecule has 1 fully saturated rings. The first-order valence-electron chi connectivity index (χ1n) is 14.3. The highest BCUT2D eigenvalue weighted by Crippen LogP contribution is 2.39. The van der Waals surface area contributed by atoms with Crippen molar-refractivity contribution < 1.29 is 36.3 Å². The molecular formula is C31H32F5N5O3. The third-order valence-electron chi connectivity index (χ3n) is 8.38. The summed E-state index contributed by atoms with van der Waals surface area (Å²) in [5.41, 5.74) is 0.843. The average Bonchev–Trinajstić information content (AvgIpc) is 3.39. The van der Waals surface area contributed by atoms with Gasteiger partial charge in [-0.3, -0.25) is 19.4 Å². The van der Waals surface area contributed by atoms with Gasteiger partial charge in [-0.1, -0.05) is 12.1 Å². The van der Waals surface area contributed by atoms with E-state index in [4.69, 9.17) is 0 Å². The molecule has 234 valence electrons. The molecule has 1 aromatic carbocycles. The second-order valence-electron chi connectivity index (χ2n) is 11.3. The fraction of sp³-hybridized carbons (Fsp3) is 0.419. The van der Waals surface area contributed by atoms with Gasteiger partial charge in [0.1, 0.15) is 11.7 Å². The number of benzene rings is 1. The molecule has 0 bridgehead atoms. The number of fused-ring (bicyclic) bond motifs is 1. The van der Waals surface area contributed by atoms with Crippen molar-refractivity contribution >= 4 is 23.4 Å². The number of rotatable bonds is 6. The number of aryl methyl sites for hydroxylation is 1. The molecule has 1 unspecified atom stereocenters. The van der Waals surface area contributed by atoms with E-state index in [0.29, 0.717) is 25.3 Å². The van der Waals surface area contributed by atoms with Crippen molar-refractivity contribution in [2.45, 2.75) is 70.8 Å². The maximum atomic E-state index is 14.0. The number of aromatic nitrogens is 2. The fourth-order valence-corrected chi connectivity index (χ4v) is 5.99. The second-order valence-corrected chi connectivity index (χ2v) is 11.3. The van der Waals surface area contributed by atoms with Gasteiger partial charge in [0, 0.05) is 61.7 Å². The van der Waals surface area contributed by atoms with Crippen LogP contribution in [0.25, 0.3) is 11.1 Å². The standard InChI is InChI=1S/C31H32F5N5O3/c1-18-26(24(11-14-37-18)31(34,35)36)20-3-5-22(6-4-20)38-29(44)27(21-9-12-30(32,33)13-10-21)39-28(43)25-8-7-23-17-40(19(2)42)15-16-41(23)25/h3-8,11,14,21,27H,9-10,12-13,15-17H2,1-2H3,(H,38,44)(H,39,43). The first kappa shape index (κ1) is 31.1. The molecule has 1 aliphatic carbocycles. The average molecular weight is 618 g/mol. The van der Waals surface area contributed by atoms with E-state index in [-0.39, 0.29) is 41.3 Å². The van der Waals surface area contributed by atoms with E-state index in [0.717, 1.165) is 18.0 Å². The zero-order chi connectivity index (χ0) is 31.8. The molecule has 3 amide bonds. The molecule has 3 heterocycles. The van der Waals surface area contributed by atoms with Crippen LogP contribution >= 0.6 is 0 Å². The highest BCUT2D eigenvalue weighted by Gasteiger charge is 2.41. The zero-order valence-electron chi connectivity index (χ0n) is 24.2. The molecule has 3 aromatic rings. The maximum Gasteiger partial charge on any atom is 0.417 e. The lowest BCUT2D eigenvalue weighted by molar-refractivity contribution is -0.137. The summed E-state index contributed by atoms with van der Waals surface area (Å²) in [7, 11) is 0. The normalized spacial score (nSPS) is 17.5. The minimum absolute atomic E-state index is 0.0185. The van der Waals surface area contributed by atoms with Crippen molar-refractivity contribution in [1.82, 2.24) is 19.8 Å². The Kier molecular flexibility index (Phi) is 8.50. The van der Waals surface area contributed by atoms with Crippen molar-refractivity contribution in [3.05, 3.63) is 71.3 Å². The molecule has 1 aliphatic heterocycles. The third-order valence-corrected chi connectivity index (χ3v) is 8.38. The molecule has 5 rings (SSSR count). The number of hydrogen-bond donors (Lipinski definition) is 2. The molecule has 13 heteroatoms. The number of nitrogens with one attached hydrogen (secondary N) is 2. The van der Waals surface area contributed by atoms with Gasteiger partial charge in [0.05, 0.1) is 12.1 Å². The first-order valence-corrected chi connectivity index (χ1v) is 14.3. The molecule has 8 nitrogen and oxygen atoms in total. The Labute approximate surface area is 250 Å². The van der Waals surface area contributed by atoms with Gasteiger partial charge < -0.3 is 20.1 Å². The molecule has 2 aromatic heterocycles. The van der Waals surface area contributed by atoms with Crippen molar-refractivity contribution in [3.63, 3.8) is 0 Å². The number of halogens is 5. The Balaban J connectivity index is 1.36. The van der Waals surface area contributed by atoms with Gasteiger partial charge in [-0.15, -0.1) is 0 Å². The number of anilines is 1. The van der Waals surface area contributed by atoms with Crippen molar-refractivity contribution in [3.8, 4) is 11.1 Å². The van der Waals surface area contributed by atoms with E-state index in [1.54, 1.807) is 21.6 Å². The second kappa shape index (κ2) is 12.0. The molecule has 0 saturated heterocycles. The van der Waals surface area contributed by atoms with Crippen LogP contribution in [0.3, 0.4) is 0 Å². The number of amides is 3. The largest absolute Gasteiger partial charge is 0.417 e. The molecule has 2 N–H and O–H groups in total. The lowest BCUT2D eigenvalue weighted by Gasteiger charge is -2.33. The zero-order valence-corrected chi connectivity index (χ0v) is 24.2. The lowest BCUT2D eigenvalue weighted by Crippen LogP contribution is -2.50. The number of pyridine rings is 1. The lowest BCUT2D eigenvalue weighted by atomic mass is 9.81. The molecular weight excluding hydrogens is 585 g/mol. The van der Waals surface area contributed by atoms with Gasteiger partial charge in [-0.2, -0.15) is 13.2 Å². The van der Waals surface area contributed by atoms with Gasteiger partial charge in [-0.25, -0.2) is 8.78 Å². The van der Waals surface area contributed by atoms with E-state index in [1.165, 1.54) is 38.1 Å². The van der Waals surface area contributed by atoms with Crippen LogP contribution in [-0.2, 0) is 28.9 Å². The Morgan fingerprint density at radius 1 is 1.00 bits per heavy atom. The summed E-state index contributed by atoms with van der Waals surface area (Å²) < 4.78 is 70.6. The topological polar surface area (TPSA) is 96.3 Å². The van der Waals surface area contributed by atoms with Crippen molar-refractivity contribution in [1.29, 1.82) is 0 Å². The van der Waals surface area contributed by atoms with Crippen LogP contribution in [0.4, 0.5) is 27.6 Å². The summed E-state index contributed by atoms with van der Waals surface area (Å²) in [6.07, 6.45) is -4.30. The molecule has 2 aliphatic rings. The minimum atomic E-state index is -4.59. The SMILES string of the molecule is CC(=O)N1CCn2c(ccc2C(=O)NC(C(=O)Nc2ccc(-c3c(C(F)(F)F)ccnc3C)cc2)C2CCC(F)(F)CC2)C1. The fourth-order valence-electron chi connectivity index (χ4n) is 5.99. The summed E-state index contributed by atoms with van der Waals surface area (Å²) in [6, 6.07) is 8.85. The molecule has 0 spiro atoms. The van der Waals surface area contributed by atoms with E-state index in [2.05, 4.69) is 15.6 Å². The van der Waals surface area contributed by atoms with Gasteiger partial charge in [-0.05, 0) is 61.6 Å². The third kappa shape index (κ3) is 6.61. The van der Waals surface area contributed by atoms with Crippen LogP contribution in [-0.4, -0.2) is 50.7 Å². The van der Waals surface area contributed by atoms with Crippen LogP contribution in [0.5, 0.6) is 0 Å². The van der Waals surface area contributed by atoms with Crippen LogP contribution in [0.1, 0.15) is 60.0 Å². The molecule has 1 saturated carbocycles. The minimum Gasteiger partial charge on any atom is -0.339 e. The highest BCUT2D eigenvalue weighted by atomic mass is 19.4. The van der Waals surface area contributed by atoms with Crippen molar-refractivity contribution in [2.75, 3.05) is 11.9 Å². The Morgan fingerprint density at radius 3 is 2.32 bits per heavy atom. The molecule has 0 radical (unpaired) electrons. The van der Waals surface area contributed by atoms with Crippen LogP contribution < -0.4 is 10.6 Å². The van der Waals surface area contributed by atoms with E-state index in [9.17, 15) is 36.3 Å². The maximum absolute atomic E-state index is 14.0. The van der Waals surface area contributed by atoms with E-state index >= 15 is 0 Å². The van der Waals surface area contributed by atoms with Gasteiger partial charge in [0.25, 0.3) is 5.91 Å². The van der Waals surface area contributed by atoms with Crippen molar-refractivity contribution in [2.24, 2.45) is 5.92 Å². The summed E-state index contributed by atoms with van der Waals surface area (Å²) in [5.74, 6) is -4.66. The van der Waals surface area contributed by atoms with Gasteiger partial charge in [0.2, 0.25) is 17.7 Å². The van der Waals surface area contributed by atoms with Crippen LogP contribution in [0, 0.1) is 12.8 Å². The Morgan fingerprint density at radius 2 is 1.68 bits per heavy atom. The Bertz CT molecular complexity index is 1560. The monoisotopic (exact) mass is 617 g/mol. The Hall–Kier alpha value is -4.29. The molecule has 44 heavy (non-hydrogen) atoms. The van der Waals surface area contributed by atoms with Crippen LogP contribution in [0.2, 0.25) is 0 Å². The van der Waals surface area contributed by atoms with Gasteiger partial charge >= 0.3 is 6.18 Å². The van der Waals surface area contributed by atoms with Gasteiger partial charge in [0.15, 0.2) is 0 Å². The number of carbonyl (C=O) groups is 3. The summed E-state index contributed by atoms with van der Waals surface area (Å²) in [5, 5.41) is 5.46. The number of alkyl halides is 5. The van der Waals surface area contributed by atoms with E-state index < -0.39 is 54.3 Å². The quantitative estimate of drug-likeness (QED) is 0.342. The summed E-state index contributed by atoms with van der Waals surface area (Å²) >= 11 is 0. The number of carbonyl (C=O) groups excluding carboxylic acids is 3. The predicted molar refractivity (Wildman–Crippen MR) is 152 cm³/mol.